The number of amides is 1. The molecule has 1 aromatic carbocycles. The molecule has 0 fully saturated rings. The molecule has 1 atom stereocenters. The summed E-state index contributed by atoms with van der Waals surface area (Å²) in [5.74, 6) is -0.358. The normalized spacial score (nSPS) is 12.3. The highest BCUT2D eigenvalue weighted by atomic mass is 35.5. The second-order valence-corrected chi connectivity index (χ2v) is 4.67. The molecule has 8 heteroatoms. The summed E-state index contributed by atoms with van der Waals surface area (Å²) >= 11 is 5.98. The Hall–Kier alpha value is -2.51. The summed E-state index contributed by atoms with van der Waals surface area (Å²) < 4.78 is 0. The van der Waals surface area contributed by atoms with Crippen molar-refractivity contribution in [2.45, 2.75) is 6.04 Å². The van der Waals surface area contributed by atoms with Crippen molar-refractivity contribution < 1.29 is 4.79 Å². The zero-order chi connectivity index (χ0) is 14.8. The number of fused-ring (bicyclic) bond motifs is 1. The second kappa shape index (κ2) is 5.47. The molecule has 0 radical (unpaired) electrons. The maximum Gasteiger partial charge on any atom is 0.248 e. The summed E-state index contributed by atoms with van der Waals surface area (Å²) in [6.07, 6.45) is 1.45. The van der Waals surface area contributed by atoms with Gasteiger partial charge in [-0.1, -0.05) is 41.9 Å². The minimum atomic E-state index is -0.816. The maximum atomic E-state index is 12.1. The number of aromatic amines is 1. The van der Waals surface area contributed by atoms with Gasteiger partial charge in [-0.2, -0.15) is 9.97 Å². The molecule has 0 bridgehead atoms. The van der Waals surface area contributed by atoms with Crippen LogP contribution in [0.1, 0.15) is 11.6 Å². The lowest BCUT2D eigenvalue weighted by atomic mass is 10.1. The lowest BCUT2D eigenvalue weighted by Gasteiger charge is -2.11. The summed E-state index contributed by atoms with van der Waals surface area (Å²) in [5, 5.41) is 2.72. The van der Waals surface area contributed by atoms with Crippen molar-refractivity contribution in [3.63, 3.8) is 0 Å². The van der Waals surface area contributed by atoms with E-state index in [0.29, 0.717) is 16.7 Å². The Balaban J connectivity index is 1.83. The maximum absolute atomic E-state index is 12.1. The number of hydrogen-bond acceptors (Lipinski definition) is 5. The molecule has 7 nitrogen and oxygen atoms in total. The average Bonchev–Trinajstić information content (AvgIpc) is 2.96. The molecule has 106 valence electrons. The van der Waals surface area contributed by atoms with Crippen molar-refractivity contribution in [2.75, 3.05) is 5.32 Å². The third-order valence-corrected chi connectivity index (χ3v) is 3.19. The van der Waals surface area contributed by atoms with E-state index >= 15 is 0 Å². The van der Waals surface area contributed by atoms with Crippen LogP contribution in [0.5, 0.6) is 0 Å². The first-order valence-corrected chi connectivity index (χ1v) is 6.51. The number of carbonyl (C=O) groups excluding carboxylic acids is 1. The van der Waals surface area contributed by atoms with E-state index in [2.05, 4.69) is 25.3 Å². The summed E-state index contributed by atoms with van der Waals surface area (Å²) in [4.78, 5) is 27.0. The van der Waals surface area contributed by atoms with Gasteiger partial charge in [0.2, 0.25) is 11.9 Å². The van der Waals surface area contributed by atoms with Crippen LogP contribution in [0.3, 0.4) is 0 Å². The summed E-state index contributed by atoms with van der Waals surface area (Å²) in [6, 6.07) is 8.20. The number of benzene rings is 1. The standard InChI is InChI=1S/C13H11ClN6O/c14-10-9-11(17-6-16-9)19-13(18-10)20-12(21)8(15)7-4-2-1-3-5-7/h1-6,8H,15H2,(H2,16,17,18,19,20,21). The minimum Gasteiger partial charge on any atom is -0.341 e. The predicted octanol–water partition coefficient (Wildman–Crippen LogP) is 1.64. The van der Waals surface area contributed by atoms with Crippen LogP contribution in [0.25, 0.3) is 11.2 Å². The van der Waals surface area contributed by atoms with Crippen molar-refractivity contribution >= 4 is 34.6 Å². The van der Waals surface area contributed by atoms with Crippen molar-refractivity contribution in [3.05, 3.63) is 47.4 Å². The molecular weight excluding hydrogens is 292 g/mol. The number of imidazole rings is 1. The molecule has 3 aromatic rings. The van der Waals surface area contributed by atoms with Gasteiger partial charge in [-0.3, -0.25) is 10.1 Å². The van der Waals surface area contributed by atoms with Gasteiger partial charge in [0.25, 0.3) is 0 Å². The van der Waals surface area contributed by atoms with Gasteiger partial charge in [0.15, 0.2) is 10.8 Å². The van der Waals surface area contributed by atoms with Crippen molar-refractivity contribution in [1.29, 1.82) is 0 Å². The number of carbonyl (C=O) groups is 1. The first-order valence-electron chi connectivity index (χ1n) is 6.13. The lowest BCUT2D eigenvalue weighted by molar-refractivity contribution is -0.117. The molecule has 21 heavy (non-hydrogen) atoms. The Morgan fingerprint density at radius 2 is 2.05 bits per heavy atom. The monoisotopic (exact) mass is 302 g/mol. The van der Waals surface area contributed by atoms with Gasteiger partial charge in [-0.15, -0.1) is 0 Å². The van der Waals surface area contributed by atoms with Crippen molar-refractivity contribution in [2.24, 2.45) is 5.73 Å². The summed E-state index contributed by atoms with van der Waals surface area (Å²) in [5.41, 5.74) is 7.48. The summed E-state index contributed by atoms with van der Waals surface area (Å²) in [6.45, 7) is 0. The number of rotatable bonds is 3. The number of H-pyrrole nitrogens is 1. The Bertz CT molecular complexity index is 788. The molecule has 3 rings (SSSR count). The van der Waals surface area contributed by atoms with Gasteiger partial charge in [-0.05, 0) is 5.56 Å². The zero-order valence-electron chi connectivity index (χ0n) is 10.7. The fraction of sp³-hybridized carbons (Fsp3) is 0.0769. The highest BCUT2D eigenvalue weighted by molar-refractivity contribution is 6.33. The van der Waals surface area contributed by atoms with Crippen LogP contribution in [0.2, 0.25) is 5.15 Å². The van der Waals surface area contributed by atoms with Crippen LogP contribution < -0.4 is 11.1 Å². The van der Waals surface area contributed by atoms with Crippen LogP contribution in [0.4, 0.5) is 5.95 Å². The smallest absolute Gasteiger partial charge is 0.248 e. The zero-order valence-corrected chi connectivity index (χ0v) is 11.5. The molecule has 0 aliphatic heterocycles. The third kappa shape index (κ3) is 2.69. The van der Waals surface area contributed by atoms with Gasteiger partial charge in [-0.25, -0.2) is 4.98 Å². The predicted molar refractivity (Wildman–Crippen MR) is 78.7 cm³/mol. The molecule has 0 aliphatic rings. The number of nitrogens with zero attached hydrogens (tertiary/aromatic N) is 3. The average molecular weight is 303 g/mol. The van der Waals surface area contributed by atoms with Gasteiger partial charge < -0.3 is 10.7 Å². The van der Waals surface area contributed by atoms with E-state index in [4.69, 9.17) is 17.3 Å². The van der Waals surface area contributed by atoms with Gasteiger partial charge in [0, 0.05) is 0 Å². The molecule has 1 unspecified atom stereocenters. The van der Waals surface area contributed by atoms with Crippen LogP contribution in [0, 0.1) is 0 Å². The topological polar surface area (TPSA) is 110 Å². The second-order valence-electron chi connectivity index (χ2n) is 4.32. The number of hydrogen-bond donors (Lipinski definition) is 3. The Kier molecular flexibility index (Phi) is 3.51. The Morgan fingerprint density at radius 3 is 2.81 bits per heavy atom. The fourth-order valence-corrected chi connectivity index (χ4v) is 2.07. The lowest BCUT2D eigenvalue weighted by Crippen LogP contribution is -2.28. The van der Waals surface area contributed by atoms with E-state index in [1.165, 1.54) is 6.33 Å². The van der Waals surface area contributed by atoms with E-state index in [1.807, 2.05) is 18.2 Å². The van der Waals surface area contributed by atoms with Crippen molar-refractivity contribution in [1.82, 2.24) is 19.9 Å². The molecule has 2 aromatic heterocycles. The Morgan fingerprint density at radius 1 is 1.29 bits per heavy atom. The number of aromatic nitrogens is 4. The van der Waals surface area contributed by atoms with Gasteiger partial charge >= 0.3 is 0 Å². The molecule has 0 aliphatic carbocycles. The number of halogens is 1. The molecule has 4 N–H and O–H groups in total. The van der Waals surface area contributed by atoms with Crippen LogP contribution in [-0.4, -0.2) is 25.8 Å². The molecule has 1 amide bonds. The number of anilines is 1. The van der Waals surface area contributed by atoms with E-state index < -0.39 is 11.9 Å². The fourth-order valence-electron chi connectivity index (χ4n) is 1.85. The van der Waals surface area contributed by atoms with Gasteiger partial charge in [0.1, 0.15) is 11.6 Å². The highest BCUT2D eigenvalue weighted by Crippen LogP contribution is 2.19. The SMILES string of the molecule is NC(C(=O)Nc1nc(Cl)c2[nH]cnc2n1)c1ccccc1. The highest BCUT2D eigenvalue weighted by Gasteiger charge is 2.17. The van der Waals surface area contributed by atoms with E-state index in [-0.39, 0.29) is 11.1 Å². The molecule has 0 saturated carbocycles. The largest absolute Gasteiger partial charge is 0.341 e. The van der Waals surface area contributed by atoms with Crippen LogP contribution in [-0.2, 0) is 4.79 Å². The van der Waals surface area contributed by atoms with E-state index in [0.717, 1.165) is 0 Å². The third-order valence-electron chi connectivity index (χ3n) is 2.92. The first kappa shape index (κ1) is 13.5. The van der Waals surface area contributed by atoms with E-state index in [9.17, 15) is 4.79 Å². The number of nitrogens with one attached hydrogen (secondary N) is 2. The molecule has 2 heterocycles. The molecule has 0 spiro atoms. The van der Waals surface area contributed by atoms with E-state index in [1.54, 1.807) is 12.1 Å². The quantitative estimate of drug-likeness (QED) is 0.637. The van der Waals surface area contributed by atoms with Crippen LogP contribution >= 0.6 is 11.6 Å². The minimum absolute atomic E-state index is 0.0657. The van der Waals surface area contributed by atoms with Crippen LogP contribution in [0.15, 0.2) is 36.7 Å². The molecule has 0 saturated heterocycles. The summed E-state index contributed by atoms with van der Waals surface area (Å²) in [7, 11) is 0. The first-order chi connectivity index (χ1) is 10.1. The number of nitrogens with two attached hydrogens (primary N) is 1. The van der Waals surface area contributed by atoms with Gasteiger partial charge in [0.05, 0.1) is 6.33 Å². The van der Waals surface area contributed by atoms with Crippen molar-refractivity contribution in [3.8, 4) is 0 Å². The molecular formula is C13H11ClN6O. The Labute approximate surface area is 124 Å².